The van der Waals surface area contributed by atoms with Crippen molar-refractivity contribution >= 4 is 17.4 Å². The number of nitrogens with zero attached hydrogens (tertiary/aromatic N) is 3. The van der Waals surface area contributed by atoms with Gasteiger partial charge in [0.15, 0.2) is 0 Å². The molecule has 116 valence electrons. The van der Waals surface area contributed by atoms with Gasteiger partial charge in [0.2, 0.25) is 5.28 Å². The second kappa shape index (κ2) is 8.16. The summed E-state index contributed by atoms with van der Waals surface area (Å²) >= 11 is 5.83. The highest BCUT2D eigenvalue weighted by atomic mass is 35.5. The Labute approximate surface area is 132 Å². The Morgan fingerprint density at radius 2 is 2.14 bits per heavy atom. The summed E-state index contributed by atoms with van der Waals surface area (Å²) in [5, 5.41) is 16.1. The monoisotopic (exact) mass is 309 g/mol. The highest BCUT2D eigenvalue weighted by Crippen LogP contribution is 2.21. The van der Waals surface area contributed by atoms with Crippen LogP contribution in [0.1, 0.15) is 52.5 Å². The molecule has 1 heterocycles. The van der Waals surface area contributed by atoms with E-state index < -0.39 is 0 Å². The molecular weight excluding hydrogens is 286 g/mol. The zero-order valence-corrected chi connectivity index (χ0v) is 14.0. The first kappa shape index (κ1) is 17.7. The molecule has 0 amide bonds. The fourth-order valence-corrected chi connectivity index (χ4v) is 2.62. The molecule has 0 aliphatic carbocycles. The molecule has 1 aromatic rings. The zero-order chi connectivity index (χ0) is 15.9. The molecule has 1 atom stereocenters. The van der Waals surface area contributed by atoms with Crippen molar-refractivity contribution in [1.29, 1.82) is 5.26 Å². The molecule has 1 rings (SSSR count). The maximum Gasteiger partial charge on any atom is 0.224 e. The number of halogens is 1. The summed E-state index contributed by atoms with van der Waals surface area (Å²) in [5.74, 6) is 0.517. The molecule has 0 aromatic carbocycles. The van der Waals surface area contributed by atoms with Gasteiger partial charge in [0.25, 0.3) is 0 Å². The van der Waals surface area contributed by atoms with Crippen molar-refractivity contribution in [3.63, 3.8) is 0 Å². The van der Waals surface area contributed by atoms with Crippen molar-refractivity contribution in [2.24, 2.45) is 0 Å². The zero-order valence-electron chi connectivity index (χ0n) is 13.2. The molecule has 5 nitrogen and oxygen atoms in total. The van der Waals surface area contributed by atoms with Crippen LogP contribution in [0.5, 0.6) is 0 Å². The van der Waals surface area contributed by atoms with E-state index in [0.717, 1.165) is 25.8 Å². The second-order valence-electron chi connectivity index (χ2n) is 5.76. The van der Waals surface area contributed by atoms with Crippen LogP contribution in [0.4, 0.5) is 5.82 Å². The van der Waals surface area contributed by atoms with Crippen LogP contribution in [-0.2, 0) is 0 Å². The number of nitrogens with one attached hydrogen (secondary N) is 2. The van der Waals surface area contributed by atoms with Crippen LogP contribution in [0.3, 0.4) is 0 Å². The van der Waals surface area contributed by atoms with Crippen LogP contribution in [0, 0.1) is 11.3 Å². The molecule has 0 spiro atoms. The third-order valence-electron chi connectivity index (χ3n) is 3.27. The van der Waals surface area contributed by atoms with Crippen LogP contribution in [0.25, 0.3) is 0 Å². The molecule has 0 fully saturated rings. The van der Waals surface area contributed by atoms with Gasteiger partial charge in [-0.05, 0) is 44.8 Å². The summed E-state index contributed by atoms with van der Waals surface area (Å²) in [5.41, 5.74) is 0.437. The molecule has 2 N–H and O–H groups in total. The van der Waals surface area contributed by atoms with Crippen LogP contribution < -0.4 is 10.6 Å². The Bertz CT molecular complexity index is 495. The van der Waals surface area contributed by atoms with E-state index in [1.165, 1.54) is 6.20 Å². The number of nitriles is 1. The fraction of sp³-hybridized carbons (Fsp3) is 0.667. The SMILES string of the molecule is CCCC(CC(C)(C)NCC)Nc1nc(Cl)ncc1C#N. The molecule has 1 aromatic heterocycles. The minimum Gasteiger partial charge on any atom is -0.366 e. The van der Waals surface area contributed by atoms with E-state index in [9.17, 15) is 0 Å². The van der Waals surface area contributed by atoms with E-state index in [1.54, 1.807) is 0 Å². The van der Waals surface area contributed by atoms with Gasteiger partial charge in [0.1, 0.15) is 17.5 Å². The Kier molecular flexibility index (Phi) is 6.86. The average Bonchev–Trinajstić information content (AvgIpc) is 2.38. The van der Waals surface area contributed by atoms with E-state index >= 15 is 0 Å². The lowest BCUT2D eigenvalue weighted by molar-refractivity contribution is 0.341. The number of anilines is 1. The fourth-order valence-electron chi connectivity index (χ4n) is 2.49. The van der Waals surface area contributed by atoms with Gasteiger partial charge in [-0.1, -0.05) is 20.3 Å². The Hall–Kier alpha value is -1.38. The van der Waals surface area contributed by atoms with E-state index in [2.05, 4.69) is 54.4 Å². The second-order valence-corrected chi connectivity index (χ2v) is 6.10. The minimum atomic E-state index is 0.0191. The largest absolute Gasteiger partial charge is 0.366 e. The Morgan fingerprint density at radius 1 is 1.43 bits per heavy atom. The van der Waals surface area contributed by atoms with Crippen LogP contribution in [0.2, 0.25) is 5.28 Å². The summed E-state index contributed by atoms with van der Waals surface area (Å²) < 4.78 is 0. The molecule has 0 saturated heterocycles. The van der Waals surface area contributed by atoms with Crippen molar-refractivity contribution in [3.8, 4) is 6.07 Å². The van der Waals surface area contributed by atoms with Gasteiger partial charge in [0, 0.05) is 11.6 Å². The minimum absolute atomic E-state index is 0.0191. The van der Waals surface area contributed by atoms with Crippen LogP contribution in [0.15, 0.2) is 6.20 Å². The van der Waals surface area contributed by atoms with Crippen molar-refractivity contribution in [1.82, 2.24) is 15.3 Å². The van der Waals surface area contributed by atoms with E-state index in [4.69, 9.17) is 16.9 Å². The van der Waals surface area contributed by atoms with Crippen molar-refractivity contribution in [3.05, 3.63) is 17.0 Å². The molecule has 1 unspecified atom stereocenters. The van der Waals surface area contributed by atoms with Gasteiger partial charge in [-0.2, -0.15) is 10.2 Å². The van der Waals surface area contributed by atoms with Gasteiger partial charge in [-0.15, -0.1) is 0 Å². The maximum atomic E-state index is 9.14. The summed E-state index contributed by atoms with van der Waals surface area (Å²) in [4.78, 5) is 7.99. The summed E-state index contributed by atoms with van der Waals surface area (Å²) in [7, 11) is 0. The Balaban J connectivity index is 2.88. The van der Waals surface area contributed by atoms with E-state index in [1.807, 2.05) is 0 Å². The van der Waals surface area contributed by atoms with Crippen LogP contribution in [-0.4, -0.2) is 28.1 Å². The lowest BCUT2D eigenvalue weighted by atomic mass is 9.92. The quantitative estimate of drug-likeness (QED) is 0.720. The average molecular weight is 310 g/mol. The maximum absolute atomic E-state index is 9.14. The first-order chi connectivity index (χ1) is 9.91. The summed E-state index contributed by atoms with van der Waals surface area (Å²) in [6, 6.07) is 2.32. The molecule has 0 aliphatic heterocycles. The number of aromatic nitrogens is 2. The van der Waals surface area contributed by atoms with Crippen LogP contribution >= 0.6 is 11.6 Å². The van der Waals surface area contributed by atoms with Crippen molar-refractivity contribution < 1.29 is 0 Å². The highest BCUT2D eigenvalue weighted by Gasteiger charge is 2.23. The number of hydrogen-bond acceptors (Lipinski definition) is 5. The lowest BCUT2D eigenvalue weighted by Gasteiger charge is -2.31. The molecule has 0 radical (unpaired) electrons. The van der Waals surface area contributed by atoms with E-state index in [-0.39, 0.29) is 16.9 Å². The molecule has 0 saturated carbocycles. The third-order valence-corrected chi connectivity index (χ3v) is 3.45. The van der Waals surface area contributed by atoms with Crippen molar-refractivity contribution in [2.45, 2.75) is 58.5 Å². The number of hydrogen-bond donors (Lipinski definition) is 2. The smallest absolute Gasteiger partial charge is 0.224 e. The Morgan fingerprint density at radius 3 is 2.71 bits per heavy atom. The molecule has 0 aliphatic rings. The van der Waals surface area contributed by atoms with Crippen molar-refractivity contribution in [2.75, 3.05) is 11.9 Å². The standard InChI is InChI=1S/C15H24ClN5/c1-5-7-12(8-15(3,4)19-6-2)20-13-11(9-17)10-18-14(16)21-13/h10,12,19H,5-8H2,1-4H3,(H,18,20,21). The number of rotatable bonds is 8. The van der Waals surface area contributed by atoms with Gasteiger partial charge in [-0.3, -0.25) is 0 Å². The third kappa shape index (κ3) is 5.86. The summed E-state index contributed by atoms with van der Waals surface area (Å²) in [6.45, 7) is 9.53. The molecule has 0 bridgehead atoms. The predicted octanol–water partition coefficient (Wildman–Crippen LogP) is 3.36. The first-order valence-electron chi connectivity index (χ1n) is 7.36. The topological polar surface area (TPSA) is 73.6 Å². The van der Waals surface area contributed by atoms with E-state index in [0.29, 0.717) is 11.4 Å². The van der Waals surface area contributed by atoms with Gasteiger partial charge < -0.3 is 10.6 Å². The summed E-state index contributed by atoms with van der Waals surface area (Å²) in [6.07, 6.45) is 4.44. The molecule has 6 heteroatoms. The predicted molar refractivity (Wildman–Crippen MR) is 86.4 cm³/mol. The first-order valence-corrected chi connectivity index (χ1v) is 7.73. The van der Waals surface area contributed by atoms with Gasteiger partial charge in [-0.25, -0.2) is 4.98 Å². The molecular formula is C15H24ClN5. The lowest BCUT2D eigenvalue weighted by Crippen LogP contribution is -2.43. The highest BCUT2D eigenvalue weighted by molar-refractivity contribution is 6.28. The molecule has 21 heavy (non-hydrogen) atoms. The van der Waals surface area contributed by atoms with Gasteiger partial charge >= 0.3 is 0 Å². The normalized spacial score (nSPS) is 12.8. The van der Waals surface area contributed by atoms with Gasteiger partial charge in [0.05, 0.1) is 6.20 Å².